The topological polar surface area (TPSA) is 0 Å². The van der Waals surface area contributed by atoms with Crippen molar-refractivity contribution in [3.8, 4) is 0 Å². The summed E-state index contributed by atoms with van der Waals surface area (Å²) in [7, 11) is 5.92. The third-order valence-electron chi connectivity index (χ3n) is 2.88. The maximum atomic E-state index is 5.92. The summed E-state index contributed by atoms with van der Waals surface area (Å²) in [5, 5.41) is 0. The molecule has 0 bridgehead atoms. The summed E-state index contributed by atoms with van der Waals surface area (Å²) < 4.78 is 0. The van der Waals surface area contributed by atoms with Gasteiger partial charge in [0.25, 0.3) is 0 Å². The molecular formula is C9H16BW-. The molecule has 0 amide bonds. The second-order valence-electron chi connectivity index (χ2n) is 3.84. The first-order chi connectivity index (χ1) is 4.61. The summed E-state index contributed by atoms with van der Waals surface area (Å²) in [6, 6.07) is 0. The van der Waals surface area contributed by atoms with Crippen LogP contribution in [-0.2, 0) is 21.1 Å². The SMILES string of the molecule is [B]C1CC([CH2-])C[C@H](C)C1C.[W]. The molecule has 2 radical (unpaired) electrons. The molecular weight excluding hydrogens is 303 g/mol. The maximum absolute atomic E-state index is 5.92. The number of hydrogen-bond acceptors (Lipinski definition) is 0. The van der Waals surface area contributed by atoms with Crippen molar-refractivity contribution in [1.82, 2.24) is 0 Å². The smallest absolute Gasteiger partial charge is 0.0702 e. The van der Waals surface area contributed by atoms with Gasteiger partial charge in [-0.1, -0.05) is 32.5 Å². The van der Waals surface area contributed by atoms with Crippen LogP contribution in [0.4, 0.5) is 0 Å². The van der Waals surface area contributed by atoms with Crippen molar-refractivity contribution < 1.29 is 21.1 Å². The van der Waals surface area contributed by atoms with E-state index in [4.69, 9.17) is 7.85 Å². The molecule has 0 heterocycles. The van der Waals surface area contributed by atoms with Crippen molar-refractivity contribution in [2.24, 2.45) is 17.8 Å². The normalized spacial score (nSPS) is 44.6. The van der Waals surface area contributed by atoms with Gasteiger partial charge in [0.05, 0.1) is 7.85 Å². The Labute approximate surface area is 86.2 Å². The standard InChI is InChI=1S/C9H16B.W/c1-6-4-7(2)8(3)9(10)5-6;/h6-9H,1,4-5H2,2-3H3;/q-1;/t6?,7-,8?,9?;/m0./s1. The van der Waals surface area contributed by atoms with Crippen molar-refractivity contribution in [3.05, 3.63) is 6.92 Å². The quantitative estimate of drug-likeness (QED) is 0.475. The molecule has 62 valence electrons. The van der Waals surface area contributed by atoms with Crippen molar-refractivity contribution in [2.75, 3.05) is 0 Å². The third-order valence-corrected chi connectivity index (χ3v) is 2.88. The Kier molecular flexibility index (Phi) is 5.02. The summed E-state index contributed by atoms with van der Waals surface area (Å²) in [5.74, 6) is 2.46. The molecule has 4 atom stereocenters. The number of hydrogen-bond donors (Lipinski definition) is 0. The van der Waals surface area contributed by atoms with Gasteiger partial charge in [0.15, 0.2) is 0 Å². The summed E-state index contributed by atoms with van der Waals surface area (Å²) in [6.45, 7) is 8.58. The van der Waals surface area contributed by atoms with E-state index in [1.165, 1.54) is 6.42 Å². The molecule has 1 saturated carbocycles. The minimum absolute atomic E-state index is 0. The zero-order valence-corrected chi connectivity index (χ0v) is 10.3. The van der Waals surface area contributed by atoms with Crippen LogP contribution >= 0.6 is 0 Å². The predicted octanol–water partition coefficient (Wildman–Crippen LogP) is 2.46. The van der Waals surface area contributed by atoms with Gasteiger partial charge in [-0.05, 0) is 11.8 Å². The predicted molar refractivity (Wildman–Crippen MR) is 45.9 cm³/mol. The average Bonchev–Trinajstić information content (AvgIpc) is 1.82. The van der Waals surface area contributed by atoms with Gasteiger partial charge in [-0.25, -0.2) is 0 Å². The van der Waals surface area contributed by atoms with E-state index in [9.17, 15) is 0 Å². The Bertz CT molecular complexity index is 104. The molecule has 1 fully saturated rings. The molecule has 11 heavy (non-hydrogen) atoms. The molecule has 0 aromatic carbocycles. The fraction of sp³-hybridized carbons (Fsp3) is 0.889. The largest absolute Gasteiger partial charge is 0.340 e. The Hall–Kier alpha value is 0.753. The zero-order chi connectivity index (χ0) is 7.72. The fourth-order valence-electron chi connectivity index (χ4n) is 1.86. The molecule has 2 heteroatoms. The van der Waals surface area contributed by atoms with E-state index in [-0.39, 0.29) is 21.1 Å². The van der Waals surface area contributed by atoms with Gasteiger partial charge in [-0.3, -0.25) is 0 Å². The Morgan fingerprint density at radius 2 is 1.82 bits per heavy atom. The van der Waals surface area contributed by atoms with Crippen LogP contribution in [0, 0.1) is 24.7 Å². The maximum Gasteiger partial charge on any atom is 0.0702 e. The molecule has 0 saturated heterocycles. The van der Waals surface area contributed by atoms with E-state index < -0.39 is 0 Å². The molecule has 1 rings (SSSR count). The van der Waals surface area contributed by atoms with Crippen molar-refractivity contribution >= 4 is 7.85 Å². The summed E-state index contributed by atoms with van der Waals surface area (Å²) in [6.07, 6.45) is 2.38. The van der Waals surface area contributed by atoms with Crippen molar-refractivity contribution in [1.29, 1.82) is 0 Å². The van der Waals surface area contributed by atoms with Crippen LogP contribution in [0.2, 0.25) is 5.82 Å². The van der Waals surface area contributed by atoms with Crippen LogP contribution in [0.15, 0.2) is 0 Å². The molecule has 0 aliphatic heterocycles. The van der Waals surface area contributed by atoms with Crippen LogP contribution < -0.4 is 0 Å². The Morgan fingerprint density at radius 3 is 2.27 bits per heavy atom. The van der Waals surface area contributed by atoms with E-state index in [2.05, 4.69) is 20.8 Å². The molecule has 0 N–H and O–H groups in total. The first-order valence-corrected chi connectivity index (χ1v) is 4.20. The molecule has 1 aliphatic carbocycles. The van der Waals surface area contributed by atoms with Crippen molar-refractivity contribution in [3.63, 3.8) is 0 Å². The van der Waals surface area contributed by atoms with Gasteiger partial charge in [-0.2, -0.15) is 5.92 Å². The zero-order valence-electron chi connectivity index (χ0n) is 7.42. The second kappa shape index (κ2) is 4.70. The van der Waals surface area contributed by atoms with E-state index in [0.29, 0.717) is 17.7 Å². The Balaban J connectivity index is 0.000001000. The molecule has 1 aliphatic rings. The van der Waals surface area contributed by atoms with Gasteiger partial charge >= 0.3 is 0 Å². The van der Waals surface area contributed by atoms with Gasteiger partial charge in [-0.15, -0.1) is 0 Å². The molecule has 0 spiro atoms. The van der Waals surface area contributed by atoms with E-state index in [0.717, 1.165) is 12.3 Å². The van der Waals surface area contributed by atoms with Gasteiger partial charge < -0.3 is 6.92 Å². The fourth-order valence-corrected chi connectivity index (χ4v) is 1.86. The minimum atomic E-state index is 0. The van der Waals surface area contributed by atoms with E-state index >= 15 is 0 Å². The minimum Gasteiger partial charge on any atom is -0.340 e. The first-order valence-electron chi connectivity index (χ1n) is 4.20. The van der Waals surface area contributed by atoms with E-state index in [1.54, 1.807) is 0 Å². The van der Waals surface area contributed by atoms with Crippen LogP contribution in [0.5, 0.6) is 0 Å². The number of rotatable bonds is 0. The van der Waals surface area contributed by atoms with Crippen LogP contribution in [-0.4, -0.2) is 7.85 Å². The molecule has 0 aromatic rings. The summed E-state index contributed by atoms with van der Waals surface area (Å²) in [4.78, 5) is 0. The molecule has 0 nitrogen and oxygen atoms in total. The molecule has 3 unspecified atom stereocenters. The first kappa shape index (κ1) is 11.8. The summed E-state index contributed by atoms with van der Waals surface area (Å²) in [5.41, 5.74) is 0. The van der Waals surface area contributed by atoms with Crippen LogP contribution in [0.25, 0.3) is 0 Å². The molecule has 0 aromatic heterocycles. The average molecular weight is 319 g/mol. The van der Waals surface area contributed by atoms with Gasteiger partial charge in [0, 0.05) is 21.1 Å². The van der Waals surface area contributed by atoms with Gasteiger partial charge in [0.2, 0.25) is 0 Å². The van der Waals surface area contributed by atoms with Crippen LogP contribution in [0.3, 0.4) is 0 Å². The monoisotopic (exact) mass is 319 g/mol. The van der Waals surface area contributed by atoms with E-state index in [1.807, 2.05) is 0 Å². The Morgan fingerprint density at radius 1 is 1.27 bits per heavy atom. The van der Waals surface area contributed by atoms with Gasteiger partial charge in [0.1, 0.15) is 0 Å². The van der Waals surface area contributed by atoms with Crippen molar-refractivity contribution in [2.45, 2.75) is 32.5 Å². The second-order valence-corrected chi connectivity index (χ2v) is 3.84. The summed E-state index contributed by atoms with van der Waals surface area (Å²) >= 11 is 0. The van der Waals surface area contributed by atoms with Crippen LogP contribution in [0.1, 0.15) is 26.7 Å². The third kappa shape index (κ3) is 2.94.